The van der Waals surface area contributed by atoms with Crippen molar-refractivity contribution >= 4 is 12.3 Å². The van der Waals surface area contributed by atoms with Crippen LogP contribution < -0.4 is 5.32 Å². The van der Waals surface area contributed by atoms with Gasteiger partial charge in [0.15, 0.2) is 0 Å². The summed E-state index contributed by atoms with van der Waals surface area (Å²) >= 11 is 0. The van der Waals surface area contributed by atoms with E-state index in [1.54, 1.807) is 6.07 Å². The molecule has 1 aliphatic rings. The van der Waals surface area contributed by atoms with Gasteiger partial charge in [-0.3, -0.25) is 9.59 Å². The molecule has 1 fully saturated rings. The van der Waals surface area contributed by atoms with Crippen LogP contribution in [0.15, 0.2) is 18.2 Å². The predicted molar refractivity (Wildman–Crippen MR) is 85.8 cm³/mol. The lowest BCUT2D eigenvalue weighted by molar-refractivity contribution is -0.161. The molecule has 1 unspecified atom stereocenters. The maximum Gasteiger partial charge on any atom is 0.310 e. The summed E-state index contributed by atoms with van der Waals surface area (Å²) in [6.45, 7) is 7.12. The number of carbonyl (C=O) groups is 2. The fraction of sp³-hybridized carbons (Fsp3) is 0.556. The van der Waals surface area contributed by atoms with E-state index in [9.17, 15) is 14.0 Å². The van der Waals surface area contributed by atoms with Gasteiger partial charge >= 0.3 is 5.97 Å². The molecule has 0 aromatic heterocycles. The molecule has 1 aromatic carbocycles. The monoisotopic (exact) mass is 321 g/mol. The molecule has 0 amide bonds. The minimum Gasteiger partial charge on any atom is -0.460 e. The topological polar surface area (TPSA) is 55.4 Å². The van der Waals surface area contributed by atoms with Crippen LogP contribution in [0.4, 0.5) is 4.39 Å². The zero-order valence-corrected chi connectivity index (χ0v) is 13.9. The van der Waals surface area contributed by atoms with Crippen molar-refractivity contribution in [2.24, 2.45) is 11.8 Å². The first-order valence-corrected chi connectivity index (χ1v) is 7.97. The van der Waals surface area contributed by atoms with Crippen molar-refractivity contribution < 1.29 is 18.7 Å². The minimum atomic E-state index is -0.558. The summed E-state index contributed by atoms with van der Waals surface area (Å²) < 4.78 is 19.2. The number of benzene rings is 1. The molecule has 0 bridgehead atoms. The zero-order chi connectivity index (χ0) is 17.0. The summed E-state index contributed by atoms with van der Waals surface area (Å²) in [6, 6.07) is 4.21. The molecular weight excluding hydrogens is 297 g/mol. The molecule has 1 aliphatic heterocycles. The maximum absolute atomic E-state index is 13.6. The van der Waals surface area contributed by atoms with E-state index >= 15 is 0 Å². The van der Waals surface area contributed by atoms with Gasteiger partial charge in [0, 0.05) is 5.56 Å². The summed E-state index contributed by atoms with van der Waals surface area (Å²) in [4.78, 5) is 23.5. The van der Waals surface area contributed by atoms with Crippen molar-refractivity contribution in [2.45, 2.75) is 39.2 Å². The van der Waals surface area contributed by atoms with Crippen LogP contribution in [0.25, 0.3) is 0 Å². The molecule has 0 aliphatic carbocycles. The van der Waals surface area contributed by atoms with E-state index in [2.05, 4.69) is 5.32 Å². The van der Waals surface area contributed by atoms with Crippen molar-refractivity contribution in [2.75, 3.05) is 13.1 Å². The normalized spacial score (nSPS) is 19.4. The van der Waals surface area contributed by atoms with Gasteiger partial charge in [-0.2, -0.15) is 0 Å². The third-order valence-electron chi connectivity index (χ3n) is 3.95. The van der Waals surface area contributed by atoms with Gasteiger partial charge in [0.25, 0.3) is 0 Å². The zero-order valence-electron chi connectivity index (χ0n) is 13.9. The Hall–Kier alpha value is -1.75. The Kier molecular flexibility index (Phi) is 5.52. The number of aldehydes is 1. The van der Waals surface area contributed by atoms with Crippen LogP contribution in [0.1, 0.15) is 43.1 Å². The first-order chi connectivity index (χ1) is 10.8. The second-order valence-electron chi connectivity index (χ2n) is 7.11. The summed E-state index contributed by atoms with van der Waals surface area (Å²) in [6.07, 6.45) is 1.88. The number of hydrogen-bond acceptors (Lipinski definition) is 4. The summed E-state index contributed by atoms with van der Waals surface area (Å²) in [5.41, 5.74) is 0.374. The highest BCUT2D eigenvalue weighted by Gasteiger charge is 2.34. The van der Waals surface area contributed by atoms with Crippen molar-refractivity contribution in [3.05, 3.63) is 35.1 Å². The number of esters is 1. The van der Waals surface area contributed by atoms with E-state index < -0.39 is 11.4 Å². The minimum absolute atomic E-state index is 0.160. The number of carbonyl (C=O) groups excluding carboxylic acids is 2. The highest BCUT2D eigenvalue weighted by molar-refractivity contribution is 5.76. The van der Waals surface area contributed by atoms with Crippen LogP contribution in [0, 0.1) is 17.7 Å². The van der Waals surface area contributed by atoms with Gasteiger partial charge in [-0.25, -0.2) is 4.39 Å². The fourth-order valence-corrected chi connectivity index (χ4v) is 2.96. The molecule has 0 spiro atoms. The van der Waals surface area contributed by atoms with Gasteiger partial charge in [-0.15, -0.1) is 0 Å². The second-order valence-corrected chi connectivity index (χ2v) is 7.11. The molecule has 0 radical (unpaired) electrons. The first-order valence-electron chi connectivity index (χ1n) is 7.97. The molecule has 1 saturated heterocycles. The first kappa shape index (κ1) is 17.6. The Morgan fingerprint density at radius 2 is 2.17 bits per heavy atom. The van der Waals surface area contributed by atoms with Gasteiger partial charge < -0.3 is 10.1 Å². The molecule has 5 heteroatoms. The average Bonchev–Trinajstić information content (AvgIpc) is 2.96. The number of nitrogens with one attached hydrogen (secondary N) is 1. The van der Waals surface area contributed by atoms with E-state index in [1.807, 2.05) is 20.8 Å². The number of hydrogen-bond donors (Lipinski definition) is 1. The Morgan fingerprint density at radius 3 is 2.74 bits per heavy atom. The third-order valence-corrected chi connectivity index (χ3v) is 3.95. The number of rotatable bonds is 5. The van der Waals surface area contributed by atoms with E-state index in [-0.39, 0.29) is 23.4 Å². The molecule has 1 heterocycles. The standard InChI is InChI=1S/C18H24FNO3/c1-18(2,3)23-17(22)16(14-4-5-20-10-14)9-12-6-13(11-21)8-15(19)7-12/h6-8,11,14,16,20H,4-5,9-10H2,1-3H3/t14-,16?/m0/s1. The van der Waals surface area contributed by atoms with Crippen LogP contribution >= 0.6 is 0 Å². The Bertz CT molecular complexity index is 574. The maximum atomic E-state index is 13.6. The predicted octanol–water partition coefficient (Wildman–Crippen LogP) is 2.75. The number of halogens is 1. The van der Waals surface area contributed by atoms with E-state index in [0.717, 1.165) is 19.5 Å². The van der Waals surface area contributed by atoms with Gasteiger partial charge in [0.05, 0.1) is 5.92 Å². The van der Waals surface area contributed by atoms with Gasteiger partial charge in [0.2, 0.25) is 0 Å². The van der Waals surface area contributed by atoms with Crippen molar-refractivity contribution in [1.82, 2.24) is 5.32 Å². The average molecular weight is 321 g/mol. The molecular formula is C18H24FNO3. The van der Waals surface area contributed by atoms with Gasteiger partial charge in [0.1, 0.15) is 17.7 Å². The Labute approximate surface area is 136 Å². The van der Waals surface area contributed by atoms with E-state index in [0.29, 0.717) is 18.3 Å². The van der Waals surface area contributed by atoms with Crippen LogP contribution in [-0.2, 0) is 16.0 Å². The summed E-state index contributed by atoms with van der Waals surface area (Å²) in [5.74, 6) is -0.904. The molecule has 126 valence electrons. The Balaban J connectivity index is 2.22. The van der Waals surface area contributed by atoms with Crippen molar-refractivity contribution in [1.29, 1.82) is 0 Å². The van der Waals surface area contributed by atoms with E-state index in [4.69, 9.17) is 4.74 Å². The summed E-state index contributed by atoms with van der Waals surface area (Å²) in [5, 5.41) is 3.25. The molecule has 2 rings (SSSR count). The molecule has 2 atom stereocenters. The van der Waals surface area contributed by atoms with Crippen LogP contribution in [-0.4, -0.2) is 30.9 Å². The molecule has 1 N–H and O–H groups in total. The van der Waals surface area contributed by atoms with Crippen LogP contribution in [0.3, 0.4) is 0 Å². The lowest BCUT2D eigenvalue weighted by Crippen LogP contribution is -2.34. The molecule has 0 saturated carbocycles. The lowest BCUT2D eigenvalue weighted by atomic mass is 9.85. The van der Waals surface area contributed by atoms with Crippen LogP contribution in [0.5, 0.6) is 0 Å². The van der Waals surface area contributed by atoms with Crippen LogP contribution in [0.2, 0.25) is 0 Å². The second kappa shape index (κ2) is 7.21. The largest absolute Gasteiger partial charge is 0.460 e. The van der Waals surface area contributed by atoms with Crippen molar-refractivity contribution in [3.8, 4) is 0 Å². The molecule has 1 aromatic rings. The summed E-state index contributed by atoms with van der Waals surface area (Å²) in [7, 11) is 0. The number of ether oxygens (including phenoxy) is 1. The van der Waals surface area contributed by atoms with Gasteiger partial charge in [-0.1, -0.05) is 0 Å². The van der Waals surface area contributed by atoms with E-state index in [1.165, 1.54) is 12.1 Å². The van der Waals surface area contributed by atoms with Gasteiger partial charge in [-0.05, 0) is 76.4 Å². The fourth-order valence-electron chi connectivity index (χ4n) is 2.96. The highest BCUT2D eigenvalue weighted by Crippen LogP contribution is 2.27. The molecule has 23 heavy (non-hydrogen) atoms. The lowest BCUT2D eigenvalue weighted by Gasteiger charge is -2.27. The SMILES string of the molecule is CC(C)(C)OC(=O)C(Cc1cc(F)cc(C=O)c1)[C@H]1CCNC1. The van der Waals surface area contributed by atoms with Crippen molar-refractivity contribution in [3.63, 3.8) is 0 Å². The smallest absolute Gasteiger partial charge is 0.310 e. The third kappa shape index (κ3) is 5.13. The highest BCUT2D eigenvalue weighted by atomic mass is 19.1. The quantitative estimate of drug-likeness (QED) is 0.669. The Morgan fingerprint density at radius 1 is 1.43 bits per heavy atom. The molecule has 4 nitrogen and oxygen atoms in total.